The molecule has 0 aliphatic heterocycles. The van der Waals surface area contributed by atoms with Gasteiger partial charge in [-0.05, 0) is 24.3 Å². The van der Waals surface area contributed by atoms with Crippen LogP contribution in [0.3, 0.4) is 0 Å². The molecule has 2 aromatic rings. The molecular weight excluding hydrogens is 322 g/mol. The first-order valence-electron chi connectivity index (χ1n) is 6.79. The van der Waals surface area contributed by atoms with Crippen LogP contribution in [0.15, 0.2) is 38.7 Å². The molecule has 22 heavy (non-hydrogen) atoms. The van der Waals surface area contributed by atoms with Gasteiger partial charge in [0.25, 0.3) is 0 Å². The molecule has 2 N–H and O–H groups in total. The van der Waals surface area contributed by atoms with Gasteiger partial charge in [0.15, 0.2) is 11.8 Å². The van der Waals surface area contributed by atoms with Crippen molar-refractivity contribution in [3.8, 4) is 0 Å². The Kier molecular flexibility index (Phi) is 6.54. The molecule has 0 aliphatic carbocycles. The fraction of sp³-hybridized carbons (Fsp3) is 0.357. The lowest BCUT2D eigenvalue weighted by Crippen LogP contribution is -2.38. The zero-order chi connectivity index (χ0) is 15.8. The van der Waals surface area contributed by atoms with Crippen LogP contribution in [-0.4, -0.2) is 35.4 Å². The molecule has 0 saturated heterocycles. The Hall–Kier alpha value is -1.73. The smallest absolute Gasteiger partial charge is 0.223 e. The molecule has 8 heteroatoms. The zero-order valence-corrected chi connectivity index (χ0v) is 14.0. The number of hydrogen-bond donors (Lipinski definition) is 2. The van der Waals surface area contributed by atoms with Gasteiger partial charge in [-0.2, -0.15) is 4.98 Å². The van der Waals surface area contributed by atoms with Crippen LogP contribution >= 0.6 is 23.4 Å². The lowest BCUT2D eigenvalue weighted by molar-refractivity contribution is 0.387. The Morgan fingerprint density at radius 2 is 2.09 bits per heavy atom. The van der Waals surface area contributed by atoms with Crippen LogP contribution < -0.4 is 10.6 Å². The monoisotopic (exact) mass is 339 g/mol. The molecule has 6 nitrogen and oxygen atoms in total. The van der Waals surface area contributed by atoms with E-state index in [4.69, 9.17) is 16.1 Å². The van der Waals surface area contributed by atoms with Gasteiger partial charge in [0.05, 0.1) is 6.54 Å². The summed E-state index contributed by atoms with van der Waals surface area (Å²) in [6.45, 7) is 3.02. The number of nitrogens with zero attached hydrogens (tertiary/aromatic N) is 3. The zero-order valence-electron chi connectivity index (χ0n) is 12.5. The van der Waals surface area contributed by atoms with E-state index in [9.17, 15) is 0 Å². The Bertz CT molecular complexity index is 614. The molecule has 2 rings (SSSR count). The molecule has 0 aliphatic rings. The Morgan fingerprint density at radius 3 is 2.73 bits per heavy atom. The van der Waals surface area contributed by atoms with E-state index >= 15 is 0 Å². The Labute approximate surface area is 138 Å². The summed E-state index contributed by atoms with van der Waals surface area (Å²) < 4.78 is 4.91. The number of halogens is 1. The van der Waals surface area contributed by atoms with E-state index < -0.39 is 0 Å². The third-order valence-corrected chi connectivity index (χ3v) is 3.95. The summed E-state index contributed by atoms with van der Waals surface area (Å²) in [5.74, 6) is 2.79. The molecule has 0 unspecified atom stereocenters. The van der Waals surface area contributed by atoms with Crippen LogP contribution in [0.1, 0.15) is 11.7 Å². The molecule has 0 saturated carbocycles. The predicted octanol–water partition coefficient (Wildman–Crippen LogP) is 2.49. The molecule has 0 radical (unpaired) electrons. The molecule has 0 atom stereocenters. The van der Waals surface area contributed by atoms with E-state index in [1.807, 2.05) is 24.3 Å². The number of aliphatic imine (C=N–C) groups is 1. The second kappa shape index (κ2) is 8.65. The summed E-state index contributed by atoms with van der Waals surface area (Å²) in [7, 11) is 1.73. The molecule has 118 valence electrons. The van der Waals surface area contributed by atoms with Crippen molar-refractivity contribution >= 4 is 29.3 Å². The van der Waals surface area contributed by atoms with E-state index in [1.54, 1.807) is 25.7 Å². The Balaban J connectivity index is 1.67. The molecule has 1 aromatic carbocycles. The van der Waals surface area contributed by atoms with Crippen molar-refractivity contribution in [2.75, 3.05) is 19.3 Å². The second-order valence-corrected chi connectivity index (χ2v) is 5.99. The summed E-state index contributed by atoms with van der Waals surface area (Å²) in [6.07, 6.45) is 0. The topological polar surface area (TPSA) is 75.3 Å². The van der Waals surface area contributed by atoms with Crippen molar-refractivity contribution in [1.29, 1.82) is 0 Å². The molecule has 1 aromatic heterocycles. The number of nitrogens with one attached hydrogen (secondary N) is 2. The van der Waals surface area contributed by atoms with Crippen LogP contribution in [0, 0.1) is 6.92 Å². The standard InChI is InChI=1S/C14H18ClN5OS/c1-10-19-13(20-21-10)9-18-14(16-2)17-7-8-22-12-5-3-11(15)4-6-12/h3-6H,7-9H2,1-2H3,(H2,16,17,18). The minimum absolute atomic E-state index is 0.474. The van der Waals surface area contributed by atoms with Crippen molar-refractivity contribution in [1.82, 2.24) is 20.8 Å². The maximum atomic E-state index is 5.86. The van der Waals surface area contributed by atoms with Gasteiger partial charge in [0, 0.05) is 36.2 Å². The Morgan fingerprint density at radius 1 is 1.32 bits per heavy atom. The summed E-state index contributed by atoms with van der Waals surface area (Å²) >= 11 is 7.61. The fourth-order valence-electron chi connectivity index (χ4n) is 1.67. The highest BCUT2D eigenvalue weighted by Gasteiger charge is 2.03. The van der Waals surface area contributed by atoms with E-state index in [1.165, 1.54) is 4.90 Å². The van der Waals surface area contributed by atoms with Crippen LogP contribution in [0.5, 0.6) is 0 Å². The normalized spacial score (nSPS) is 11.5. The van der Waals surface area contributed by atoms with E-state index in [2.05, 4.69) is 25.8 Å². The SMILES string of the molecule is CN=C(NCCSc1ccc(Cl)cc1)NCc1noc(C)n1. The van der Waals surface area contributed by atoms with Gasteiger partial charge in [0.1, 0.15) is 0 Å². The van der Waals surface area contributed by atoms with Crippen LogP contribution in [-0.2, 0) is 6.54 Å². The first kappa shape index (κ1) is 16.6. The van der Waals surface area contributed by atoms with E-state index in [-0.39, 0.29) is 0 Å². The lowest BCUT2D eigenvalue weighted by atomic mass is 10.4. The number of guanidine groups is 1. The van der Waals surface area contributed by atoms with Gasteiger partial charge in [-0.25, -0.2) is 0 Å². The summed E-state index contributed by atoms with van der Waals surface area (Å²) in [5, 5.41) is 10.9. The molecule has 0 amide bonds. The largest absolute Gasteiger partial charge is 0.356 e. The first-order valence-corrected chi connectivity index (χ1v) is 8.16. The molecule has 0 spiro atoms. The number of aryl methyl sites for hydroxylation is 1. The van der Waals surface area contributed by atoms with Crippen molar-refractivity contribution in [2.45, 2.75) is 18.4 Å². The highest BCUT2D eigenvalue weighted by molar-refractivity contribution is 7.99. The number of thioether (sulfide) groups is 1. The maximum absolute atomic E-state index is 5.86. The molecule has 1 heterocycles. The molecular formula is C14H18ClN5OS. The molecule has 0 bridgehead atoms. The summed E-state index contributed by atoms with van der Waals surface area (Å²) in [5.41, 5.74) is 0. The van der Waals surface area contributed by atoms with Crippen LogP contribution in [0.25, 0.3) is 0 Å². The summed E-state index contributed by atoms with van der Waals surface area (Å²) in [4.78, 5) is 9.46. The van der Waals surface area contributed by atoms with Gasteiger partial charge < -0.3 is 15.2 Å². The number of aromatic nitrogens is 2. The van der Waals surface area contributed by atoms with Crippen molar-refractivity contribution in [3.63, 3.8) is 0 Å². The van der Waals surface area contributed by atoms with E-state index in [0.717, 1.165) is 17.3 Å². The van der Waals surface area contributed by atoms with Crippen LogP contribution in [0.2, 0.25) is 5.02 Å². The van der Waals surface area contributed by atoms with Crippen molar-refractivity contribution in [3.05, 3.63) is 41.0 Å². The third-order valence-electron chi connectivity index (χ3n) is 2.68. The number of benzene rings is 1. The fourth-order valence-corrected chi connectivity index (χ4v) is 2.56. The summed E-state index contributed by atoms with van der Waals surface area (Å²) in [6, 6.07) is 7.81. The second-order valence-electron chi connectivity index (χ2n) is 4.38. The van der Waals surface area contributed by atoms with Gasteiger partial charge >= 0.3 is 0 Å². The minimum atomic E-state index is 0.474. The van der Waals surface area contributed by atoms with Crippen LogP contribution in [0.4, 0.5) is 0 Å². The van der Waals surface area contributed by atoms with E-state index in [0.29, 0.717) is 24.2 Å². The van der Waals surface area contributed by atoms with Gasteiger partial charge in [-0.15, -0.1) is 11.8 Å². The highest BCUT2D eigenvalue weighted by atomic mass is 35.5. The number of hydrogen-bond acceptors (Lipinski definition) is 5. The predicted molar refractivity (Wildman–Crippen MR) is 89.4 cm³/mol. The third kappa shape index (κ3) is 5.57. The van der Waals surface area contributed by atoms with Gasteiger partial charge in [-0.3, -0.25) is 4.99 Å². The van der Waals surface area contributed by atoms with Crippen molar-refractivity contribution < 1.29 is 4.52 Å². The quantitative estimate of drug-likeness (QED) is 0.364. The lowest BCUT2D eigenvalue weighted by Gasteiger charge is -2.10. The van der Waals surface area contributed by atoms with Gasteiger partial charge in [0.2, 0.25) is 5.89 Å². The average molecular weight is 340 g/mol. The maximum Gasteiger partial charge on any atom is 0.223 e. The van der Waals surface area contributed by atoms with Crippen molar-refractivity contribution in [2.24, 2.45) is 4.99 Å². The van der Waals surface area contributed by atoms with Gasteiger partial charge in [-0.1, -0.05) is 16.8 Å². The first-order chi connectivity index (χ1) is 10.7. The number of rotatable bonds is 6. The average Bonchev–Trinajstić information content (AvgIpc) is 2.94. The minimum Gasteiger partial charge on any atom is -0.356 e. The highest BCUT2D eigenvalue weighted by Crippen LogP contribution is 2.19. The molecule has 0 fully saturated rings.